The first-order valence-corrected chi connectivity index (χ1v) is 10.1. The molecule has 146 valence electrons. The van der Waals surface area contributed by atoms with Crippen molar-refractivity contribution in [1.29, 1.82) is 0 Å². The second kappa shape index (κ2) is 5.92. The summed E-state index contributed by atoms with van der Waals surface area (Å²) in [7, 11) is 0. The van der Waals surface area contributed by atoms with Gasteiger partial charge >= 0.3 is 0 Å². The standard InChI is InChI=1S/C23H20N2O4/c26-21(24-11-14-2-1-9-29-14)12-3-5-13(6-4-12)25-22(27)19-15-7-8-16(18-10-17(15)18)20(19)23(25)28/h1-9,15-20H,10-11H2,(H,24,26)/t15-,16+,17-,18-,19+,20-/m1/s1. The minimum atomic E-state index is -0.233. The molecule has 0 unspecified atom stereocenters. The Hall–Kier alpha value is -3.15. The Balaban J connectivity index is 1.21. The van der Waals surface area contributed by atoms with Gasteiger partial charge in [-0.3, -0.25) is 19.3 Å². The van der Waals surface area contributed by atoms with E-state index in [0.717, 1.165) is 6.42 Å². The molecular formula is C23H20N2O4. The molecule has 0 spiro atoms. The number of nitrogens with one attached hydrogen (secondary N) is 1. The van der Waals surface area contributed by atoms with Crippen LogP contribution in [0.5, 0.6) is 0 Å². The molecule has 6 nitrogen and oxygen atoms in total. The summed E-state index contributed by atoms with van der Waals surface area (Å²) in [5.41, 5.74) is 1.02. The molecule has 6 heteroatoms. The largest absolute Gasteiger partial charge is 0.467 e. The van der Waals surface area contributed by atoms with E-state index < -0.39 is 0 Å². The lowest BCUT2D eigenvalue weighted by Crippen LogP contribution is -2.40. The topological polar surface area (TPSA) is 79.6 Å². The number of anilines is 1. The van der Waals surface area contributed by atoms with Crippen molar-refractivity contribution < 1.29 is 18.8 Å². The van der Waals surface area contributed by atoms with Crippen molar-refractivity contribution in [3.05, 3.63) is 66.1 Å². The fourth-order valence-electron chi connectivity index (χ4n) is 5.66. The Kier molecular flexibility index (Phi) is 3.43. The first kappa shape index (κ1) is 16.8. The Bertz CT molecular complexity index is 1000. The number of benzene rings is 1. The minimum Gasteiger partial charge on any atom is -0.467 e. The van der Waals surface area contributed by atoms with Crippen molar-refractivity contribution in [2.45, 2.75) is 13.0 Å². The van der Waals surface area contributed by atoms with Gasteiger partial charge in [-0.15, -0.1) is 0 Å². The summed E-state index contributed by atoms with van der Waals surface area (Å²) in [4.78, 5) is 40.0. The molecule has 2 heterocycles. The summed E-state index contributed by atoms with van der Waals surface area (Å²) < 4.78 is 5.21. The highest BCUT2D eigenvalue weighted by molar-refractivity contribution is 6.22. The van der Waals surface area contributed by atoms with E-state index in [0.29, 0.717) is 35.4 Å². The highest BCUT2D eigenvalue weighted by Crippen LogP contribution is 2.65. The zero-order valence-corrected chi connectivity index (χ0v) is 15.7. The zero-order valence-electron chi connectivity index (χ0n) is 15.7. The molecule has 29 heavy (non-hydrogen) atoms. The molecule has 3 fully saturated rings. The van der Waals surface area contributed by atoms with Crippen LogP contribution in [-0.4, -0.2) is 17.7 Å². The maximum atomic E-state index is 13.1. The summed E-state index contributed by atoms with van der Waals surface area (Å²) in [6.45, 7) is 0.304. The Morgan fingerprint density at radius 2 is 1.66 bits per heavy atom. The van der Waals surface area contributed by atoms with E-state index in [1.807, 2.05) is 0 Å². The van der Waals surface area contributed by atoms with Gasteiger partial charge in [0.15, 0.2) is 0 Å². The lowest BCUT2D eigenvalue weighted by Gasteiger charge is -2.37. The fourth-order valence-corrected chi connectivity index (χ4v) is 5.66. The second-order valence-corrected chi connectivity index (χ2v) is 8.48. The number of carbonyl (C=O) groups excluding carboxylic acids is 3. The highest BCUT2D eigenvalue weighted by Gasteiger charge is 2.67. The molecule has 2 saturated carbocycles. The van der Waals surface area contributed by atoms with Gasteiger partial charge < -0.3 is 9.73 Å². The van der Waals surface area contributed by atoms with E-state index in [1.165, 1.54) is 4.90 Å². The van der Waals surface area contributed by atoms with Crippen LogP contribution < -0.4 is 10.2 Å². The van der Waals surface area contributed by atoms with E-state index in [9.17, 15) is 14.4 Å². The number of rotatable bonds is 4. The normalized spacial score (nSPS) is 33.6. The van der Waals surface area contributed by atoms with Gasteiger partial charge in [-0.2, -0.15) is 0 Å². The number of allylic oxidation sites excluding steroid dienone is 2. The van der Waals surface area contributed by atoms with E-state index in [2.05, 4.69) is 17.5 Å². The number of furan rings is 1. The van der Waals surface area contributed by atoms with Crippen LogP contribution in [0.25, 0.3) is 0 Å². The van der Waals surface area contributed by atoms with Gasteiger partial charge in [0, 0.05) is 5.56 Å². The monoisotopic (exact) mass is 388 g/mol. The molecule has 6 atom stereocenters. The van der Waals surface area contributed by atoms with Crippen LogP contribution in [0.2, 0.25) is 0 Å². The fraction of sp³-hybridized carbons (Fsp3) is 0.348. The maximum absolute atomic E-state index is 13.1. The summed E-state index contributed by atoms with van der Waals surface area (Å²) >= 11 is 0. The first-order chi connectivity index (χ1) is 14.1. The third kappa shape index (κ3) is 2.38. The zero-order chi connectivity index (χ0) is 19.7. The molecule has 3 amide bonds. The number of imide groups is 1. The van der Waals surface area contributed by atoms with Gasteiger partial charge in [0.2, 0.25) is 11.8 Å². The Morgan fingerprint density at radius 1 is 1.00 bits per heavy atom. The highest BCUT2D eigenvalue weighted by atomic mass is 16.3. The molecule has 1 N–H and O–H groups in total. The van der Waals surface area contributed by atoms with Crippen molar-refractivity contribution in [2.75, 3.05) is 4.90 Å². The van der Waals surface area contributed by atoms with Crippen molar-refractivity contribution >= 4 is 23.4 Å². The summed E-state index contributed by atoms with van der Waals surface area (Å²) in [5, 5.41) is 2.79. The lowest BCUT2D eigenvalue weighted by molar-refractivity contribution is -0.124. The van der Waals surface area contributed by atoms with Crippen molar-refractivity contribution in [2.24, 2.45) is 35.5 Å². The third-order valence-electron chi connectivity index (χ3n) is 7.05. The molecule has 2 aromatic rings. The molecule has 7 rings (SSSR count). The molecule has 1 saturated heterocycles. The predicted molar refractivity (Wildman–Crippen MR) is 104 cm³/mol. The average molecular weight is 388 g/mol. The van der Waals surface area contributed by atoms with Crippen molar-refractivity contribution in [1.82, 2.24) is 5.32 Å². The summed E-state index contributed by atoms with van der Waals surface area (Å²) in [6.07, 6.45) is 7.04. The van der Waals surface area contributed by atoms with Crippen LogP contribution in [0.4, 0.5) is 5.69 Å². The van der Waals surface area contributed by atoms with E-state index in [4.69, 9.17) is 4.42 Å². The van der Waals surface area contributed by atoms with Crippen LogP contribution in [0.15, 0.2) is 59.2 Å². The molecule has 1 aromatic carbocycles. The van der Waals surface area contributed by atoms with E-state index in [1.54, 1.807) is 42.7 Å². The summed E-state index contributed by atoms with van der Waals surface area (Å²) in [5.74, 6) is 1.45. The van der Waals surface area contributed by atoms with Crippen molar-refractivity contribution in [3.8, 4) is 0 Å². The van der Waals surface area contributed by atoms with Crippen LogP contribution in [0.3, 0.4) is 0 Å². The van der Waals surface area contributed by atoms with Crippen molar-refractivity contribution in [3.63, 3.8) is 0 Å². The number of hydrogen-bond donors (Lipinski definition) is 1. The molecule has 1 aliphatic heterocycles. The molecule has 0 radical (unpaired) electrons. The number of amides is 3. The third-order valence-corrected chi connectivity index (χ3v) is 7.05. The van der Waals surface area contributed by atoms with Crippen LogP contribution in [-0.2, 0) is 16.1 Å². The molecule has 2 bridgehead atoms. The Labute approximate surface area is 167 Å². The van der Waals surface area contributed by atoms with E-state index in [-0.39, 0.29) is 41.4 Å². The van der Waals surface area contributed by atoms with Gasteiger partial charge in [-0.05, 0) is 66.5 Å². The van der Waals surface area contributed by atoms with Gasteiger partial charge in [0.05, 0.1) is 30.3 Å². The van der Waals surface area contributed by atoms with Gasteiger partial charge in [0.25, 0.3) is 5.91 Å². The minimum absolute atomic E-state index is 0.0836. The number of carbonyl (C=O) groups is 3. The molecule has 5 aliphatic rings. The lowest BCUT2D eigenvalue weighted by atomic mass is 9.63. The van der Waals surface area contributed by atoms with E-state index >= 15 is 0 Å². The van der Waals surface area contributed by atoms with Gasteiger partial charge in [-0.25, -0.2) is 0 Å². The average Bonchev–Trinajstić information content (AvgIpc) is 3.33. The van der Waals surface area contributed by atoms with Crippen LogP contribution in [0, 0.1) is 35.5 Å². The maximum Gasteiger partial charge on any atom is 0.251 e. The second-order valence-electron chi connectivity index (χ2n) is 8.48. The number of hydrogen-bond acceptors (Lipinski definition) is 4. The van der Waals surface area contributed by atoms with Gasteiger partial charge in [-0.1, -0.05) is 12.2 Å². The summed E-state index contributed by atoms with van der Waals surface area (Å²) in [6, 6.07) is 10.2. The SMILES string of the molecule is O=C(NCc1ccco1)c1ccc(N2C(=O)[C@@H]3[C@H]4C=C[C@H]([C@H]5C[C@H]45)[C@@H]3C2=O)cc1. The van der Waals surface area contributed by atoms with Crippen LogP contribution >= 0.6 is 0 Å². The van der Waals surface area contributed by atoms with Crippen LogP contribution in [0.1, 0.15) is 22.5 Å². The first-order valence-electron chi connectivity index (χ1n) is 10.1. The smallest absolute Gasteiger partial charge is 0.251 e. The molecular weight excluding hydrogens is 368 g/mol. The Morgan fingerprint density at radius 3 is 2.24 bits per heavy atom. The molecule has 4 aliphatic carbocycles. The quantitative estimate of drug-likeness (QED) is 0.645. The predicted octanol–water partition coefficient (Wildman–Crippen LogP) is 2.77. The molecule has 1 aromatic heterocycles. The van der Waals surface area contributed by atoms with Gasteiger partial charge in [0.1, 0.15) is 5.76 Å². The number of nitrogens with zero attached hydrogens (tertiary/aromatic N) is 1.